The molecule has 2 atom stereocenters. The lowest BCUT2D eigenvalue weighted by molar-refractivity contribution is 0.0884. The van der Waals surface area contributed by atoms with Crippen LogP contribution in [0.1, 0.15) is 23.7 Å². The first-order valence-electron chi connectivity index (χ1n) is 5.65. The van der Waals surface area contributed by atoms with Crippen LogP contribution in [0.25, 0.3) is 0 Å². The lowest BCUT2D eigenvalue weighted by Gasteiger charge is -2.35. The van der Waals surface area contributed by atoms with Crippen molar-refractivity contribution < 1.29 is 4.79 Å². The molecule has 1 aromatic heterocycles. The van der Waals surface area contributed by atoms with Crippen molar-refractivity contribution in [2.75, 3.05) is 20.1 Å². The molecule has 0 aliphatic carbocycles. The fourth-order valence-corrected chi connectivity index (χ4v) is 2.20. The van der Waals surface area contributed by atoms with Gasteiger partial charge in [0, 0.05) is 18.8 Å². The number of likely N-dealkylation sites (tertiary alicyclic amines) is 1. The molecule has 2 unspecified atom stereocenters. The van der Waals surface area contributed by atoms with Crippen molar-refractivity contribution in [2.45, 2.75) is 19.4 Å². The molecule has 1 saturated heterocycles. The zero-order valence-electron chi connectivity index (χ0n) is 9.73. The van der Waals surface area contributed by atoms with Crippen molar-refractivity contribution in [1.29, 1.82) is 0 Å². The van der Waals surface area contributed by atoms with Gasteiger partial charge in [0.15, 0.2) is 0 Å². The number of rotatable bonds is 2. The van der Waals surface area contributed by atoms with Crippen LogP contribution < -0.4 is 5.32 Å². The molecule has 0 radical (unpaired) electrons. The number of hydrogen-bond acceptors (Lipinski definition) is 3. The zero-order valence-corrected chi connectivity index (χ0v) is 9.73. The Labute approximate surface area is 95.2 Å². The minimum Gasteiger partial charge on any atom is -0.349 e. The van der Waals surface area contributed by atoms with Crippen molar-refractivity contribution in [1.82, 2.24) is 20.4 Å². The first-order valence-corrected chi connectivity index (χ1v) is 5.65. The van der Waals surface area contributed by atoms with Gasteiger partial charge in [-0.2, -0.15) is 5.10 Å². The molecule has 2 N–H and O–H groups in total. The van der Waals surface area contributed by atoms with E-state index in [1.807, 2.05) is 0 Å². The molecule has 5 heteroatoms. The molecule has 88 valence electrons. The molecule has 1 fully saturated rings. The second-order valence-corrected chi connectivity index (χ2v) is 4.60. The highest BCUT2D eigenvalue weighted by Crippen LogP contribution is 2.15. The number of aromatic amines is 1. The summed E-state index contributed by atoms with van der Waals surface area (Å²) in [5.41, 5.74) is 0.603. The highest BCUT2D eigenvalue weighted by molar-refractivity contribution is 5.93. The summed E-state index contributed by atoms with van der Waals surface area (Å²) in [5, 5.41) is 9.49. The molecule has 1 aromatic rings. The predicted molar refractivity (Wildman–Crippen MR) is 61.1 cm³/mol. The molecule has 2 rings (SSSR count). The summed E-state index contributed by atoms with van der Waals surface area (Å²) in [6, 6.07) is 0.276. The van der Waals surface area contributed by atoms with Crippen LogP contribution in [-0.4, -0.2) is 47.2 Å². The third kappa shape index (κ3) is 2.41. The van der Waals surface area contributed by atoms with E-state index in [1.165, 1.54) is 0 Å². The zero-order chi connectivity index (χ0) is 11.5. The lowest BCUT2D eigenvalue weighted by Crippen LogP contribution is -2.48. The summed E-state index contributed by atoms with van der Waals surface area (Å²) >= 11 is 0. The molecule has 1 amide bonds. The van der Waals surface area contributed by atoms with E-state index in [4.69, 9.17) is 0 Å². The predicted octanol–water partition coefficient (Wildman–Crippen LogP) is 0.480. The van der Waals surface area contributed by atoms with E-state index >= 15 is 0 Å². The van der Waals surface area contributed by atoms with Gasteiger partial charge in [0.1, 0.15) is 0 Å². The maximum Gasteiger partial charge on any atom is 0.254 e. The Morgan fingerprint density at radius 2 is 2.50 bits per heavy atom. The average Bonchev–Trinajstić information content (AvgIpc) is 2.75. The van der Waals surface area contributed by atoms with E-state index in [0.717, 1.165) is 19.5 Å². The van der Waals surface area contributed by atoms with Gasteiger partial charge in [0.05, 0.1) is 11.8 Å². The van der Waals surface area contributed by atoms with Gasteiger partial charge in [-0.05, 0) is 25.9 Å². The highest BCUT2D eigenvalue weighted by atomic mass is 16.1. The smallest absolute Gasteiger partial charge is 0.254 e. The van der Waals surface area contributed by atoms with Gasteiger partial charge in [-0.15, -0.1) is 0 Å². The van der Waals surface area contributed by atoms with E-state index in [-0.39, 0.29) is 11.9 Å². The van der Waals surface area contributed by atoms with Gasteiger partial charge >= 0.3 is 0 Å². The molecule has 0 aromatic carbocycles. The van der Waals surface area contributed by atoms with Gasteiger partial charge < -0.3 is 10.2 Å². The number of carbonyl (C=O) groups is 1. The second kappa shape index (κ2) is 4.65. The van der Waals surface area contributed by atoms with E-state index < -0.39 is 0 Å². The minimum atomic E-state index is -0.0323. The van der Waals surface area contributed by atoms with E-state index in [2.05, 4.69) is 34.4 Å². The maximum atomic E-state index is 11.8. The number of aromatic nitrogens is 2. The quantitative estimate of drug-likeness (QED) is 0.765. The normalized spacial score (nSPS) is 26.6. The molecule has 16 heavy (non-hydrogen) atoms. The Morgan fingerprint density at radius 1 is 1.69 bits per heavy atom. The van der Waals surface area contributed by atoms with Gasteiger partial charge in [-0.25, -0.2) is 0 Å². The van der Waals surface area contributed by atoms with Crippen molar-refractivity contribution in [3.8, 4) is 0 Å². The van der Waals surface area contributed by atoms with Gasteiger partial charge in [-0.3, -0.25) is 9.89 Å². The van der Waals surface area contributed by atoms with Crippen molar-refractivity contribution in [2.24, 2.45) is 5.92 Å². The molecule has 1 aliphatic heterocycles. The average molecular weight is 222 g/mol. The van der Waals surface area contributed by atoms with Crippen LogP contribution in [0, 0.1) is 5.92 Å². The van der Waals surface area contributed by atoms with Crippen molar-refractivity contribution in [3.63, 3.8) is 0 Å². The number of carbonyl (C=O) groups excluding carboxylic acids is 1. The number of H-pyrrole nitrogens is 1. The number of hydrogen-bond donors (Lipinski definition) is 2. The van der Waals surface area contributed by atoms with Gasteiger partial charge in [0.2, 0.25) is 0 Å². The van der Waals surface area contributed by atoms with Crippen LogP contribution >= 0.6 is 0 Å². The van der Waals surface area contributed by atoms with Crippen LogP contribution in [0.4, 0.5) is 0 Å². The largest absolute Gasteiger partial charge is 0.349 e. The van der Waals surface area contributed by atoms with Crippen LogP contribution in [0.5, 0.6) is 0 Å². The lowest BCUT2D eigenvalue weighted by atomic mass is 9.94. The summed E-state index contributed by atoms with van der Waals surface area (Å²) in [7, 11) is 2.12. The number of piperidine rings is 1. The molecule has 0 spiro atoms. The molecular weight excluding hydrogens is 204 g/mol. The fraction of sp³-hybridized carbons (Fsp3) is 0.636. The van der Waals surface area contributed by atoms with E-state index in [9.17, 15) is 4.79 Å². The standard InChI is InChI=1S/C11H18N4O/c1-8-7-15(2)4-3-10(8)14-11(16)9-5-12-13-6-9/h5-6,8,10H,3-4,7H2,1-2H3,(H,12,13)(H,14,16). The molecular formula is C11H18N4O. The number of amides is 1. The Kier molecular flexibility index (Phi) is 3.24. The Morgan fingerprint density at radius 3 is 3.12 bits per heavy atom. The third-order valence-electron chi connectivity index (χ3n) is 3.19. The van der Waals surface area contributed by atoms with E-state index in [0.29, 0.717) is 11.5 Å². The molecule has 2 heterocycles. The third-order valence-corrected chi connectivity index (χ3v) is 3.19. The number of nitrogens with one attached hydrogen (secondary N) is 2. The van der Waals surface area contributed by atoms with Gasteiger partial charge in [0.25, 0.3) is 5.91 Å². The SMILES string of the molecule is CC1CN(C)CCC1NC(=O)c1cn[nH]c1. The van der Waals surface area contributed by atoms with Crippen LogP contribution in [0.2, 0.25) is 0 Å². The molecule has 1 aliphatic rings. The van der Waals surface area contributed by atoms with Crippen LogP contribution in [0.3, 0.4) is 0 Å². The van der Waals surface area contributed by atoms with Crippen LogP contribution in [0.15, 0.2) is 12.4 Å². The summed E-state index contributed by atoms with van der Waals surface area (Å²) in [6.07, 6.45) is 4.19. The molecule has 0 saturated carbocycles. The van der Waals surface area contributed by atoms with Crippen molar-refractivity contribution >= 4 is 5.91 Å². The summed E-state index contributed by atoms with van der Waals surface area (Å²) < 4.78 is 0. The highest BCUT2D eigenvalue weighted by Gasteiger charge is 2.25. The van der Waals surface area contributed by atoms with Crippen molar-refractivity contribution in [3.05, 3.63) is 18.0 Å². The topological polar surface area (TPSA) is 61.0 Å². The number of nitrogens with zero attached hydrogens (tertiary/aromatic N) is 2. The Hall–Kier alpha value is -1.36. The second-order valence-electron chi connectivity index (χ2n) is 4.60. The summed E-state index contributed by atoms with van der Waals surface area (Å²) in [6.45, 7) is 4.26. The molecule has 0 bridgehead atoms. The van der Waals surface area contributed by atoms with E-state index in [1.54, 1.807) is 12.4 Å². The van der Waals surface area contributed by atoms with Crippen LogP contribution in [-0.2, 0) is 0 Å². The molecule has 5 nitrogen and oxygen atoms in total. The summed E-state index contributed by atoms with van der Waals surface area (Å²) in [5.74, 6) is 0.463. The summed E-state index contributed by atoms with van der Waals surface area (Å²) in [4.78, 5) is 14.1. The first kappa shape index (κ1) is 11.1. The van der Waals surface area contributed by atoms with Gasteiger partial charge in [-0.1, -0.05) is 6.92 Å². The Bertz CT molecular complexity index is 349. The Balaban J connectivity index is 1.92. The monoisotopic (exact) mass is 222 g/mol. The minimum absolute atomic E-state index is 0.0323. The first-order chi connectivity index (χ1) is 7.66. The fourth-order valence-electron chi connectivity index (χ4n) is 2.20. The maximum absolute atomic E-state index is 11.8.